The Morgan fingerprint density at radius 2 is 2.12 bits per heavy atom. The first-order chi connectivity index (χ1) is 12.2. The molecule has 0 aliphatic carbocycles. The zero-order valence-electron chi connectivity index (χ0n) is 13.5. The molecule has 1 aromatic carbocycles. The maximum absolute atomic E-state index is 13.8. The molecule has 3 heterocycles. The molecule has 128 valence electrons. The number of H-pyrrole nitrogens is 1. The van der Waals surface area contributed by atoms with Gasteiger partial charge in [-0.1, -0.05) is 6.07 Å². The second kappa shape index (κ2) is 6.60. The van der Waals surface area contributed by atoms with Crippen molar-refractivity contribution in [3.8, 4) is 0 Å². The minimum atomic E-state index is -0.476. The summed E-state index contributed by atoms with van der Waals surface area (Å²) in [7, 11) is 0. The summed E-state index contributed by atoms with van der Waals surface area (Å²) in [6.07, 6.45) is 3.43. The maximum atomic E-state index is 13.8. The van der Waals surface area contributed by atoms with Crippen molar-refractivity contribution in [2.45, 2.75) is 18.8 Å². The Morgan fingerprint density at radius 3 is 2.96 bits per heavy atom. The van der Waals surface area contributed by atoms with E-state index in [2.05, 4.69) is 20.5 Å². The van der Waals surface area contributed by atoms with Crippen LogP contribution in [0, 0.1) is 5.82 Å². The van der Waals surface area contributed by atoms with Crippen molar-refractivity contribution >= 4 is 22.6 Å². The number of hydrogen-bond acceptors (Lipinski definition) is 4. The minimum absolute atomic E-state index is 0.186. The van der Waals surface area contributed by atoms with E-state index >= 15 is 0 Å². The van der Waals surface area contributed by atoms with Gasteiger partial charge in [0, 0.05) is 42.5 Å². The van der Waals surface area contributed by atoms with Gasteiger partial charge >= 0.3 is 0 Å². The molecule has 3 aromatic rings. The molecule has 0 radical (unpaired) electrons. The highest BCUT2D eigenvalue weighted by Gasteiger charge is 2.19. The van der Waals surface area contributed by atoms with Crippen LogP contribution < -0.4 is 5.32 Å². The van der Waals surface area contributed by atoms with E-state index in [0.29, 0.717) is 22.6 Å². The predicted molar refractivity (Wildman–Crippen MR) is 91.0 cm³/mol. The number of hydrogen-bond donors (Lipinski definition) is 2. The highest BCUT2D eigenvalue weighted by Crippen LogP contribution is 2.27. The number of amides is 1. The summed E-state index contributed by atoms with van der Waals surface area (Å²) in [6, 6.07) is 7.80. The number of anilines is 1. The first-order valence-corrected chi connectivity index (χ1v) is 8.19. The van der Waals surface area contributed by atoms with Gasteiger partial charge in [0.05, 0.1) is 11.1 Å². The number of fused-ring (bicyclic) bond motifs is 1. The van der Waals surface area contributed by atoms with Gasteiger partial charge in [-0.2, -0.15) is 5.10 Å². The molecule has 0 spiro atoms. The van der Waals surface area contributed by atoms with E-state index in [1.54, 1.807) is 18.3 Å². The average Bonchev–Trinajstić information content (AvgIpc) is 3.10. The fourth-order valence-electron chi connectivity index (χ4n) is 3.13. The van der Waals surface area contributed by atoms with E-state index in [0.717, 1.165) is 31.7 Å². The lowest BCUT2D eigenvalue weighted by atomic mass is 9.97. The van der Waals surface area contributed by atoms with Crippen molar-refractivity contribution in [2.75, 3.05) is 18.5 Å². The monoisotopic (exact) mass is 340 g/mol. The average molecular weight is 340 g/mol. The topological polar surface area (TPSA) is 79.9 Å². The van der Waals surface area contributed by atoms with Crippen LogP contribution in [0.5, 0.6) is 0 Å². The van der Waals surface area contributed by atoms with E-state index in [9.17, 15) is 9.18 Å². The van der Waals surface area contributed by atoms with Crippen LogP contribution in [-0.4, -0.2) is 34.3 Å². The molecule has 1 aliphatic rings. The highest BCUT2D eigenvalue weighted by molar-refractivity contribution is 6.11. The van der Waals surface area contributed by atoms with Crippen LogP contribution in [0.3, 0.4) is 0 Å². The lowest BCUT2D eigenvalue weighted by Crippen LogP contribution is -2.14. The van der Waals surface area contributed by atoms with E-state index in [-0.39, 0.29) is 5.56 Å². The van der Waals surface area contributed by atoms with Crippen molar-refractivity contribution in [1.82, 2.24) is 15.2 Å². The molecule has 1 fully saturated rings. The first-order valence-electron chi connectivity index (χ1n) is 8.19. The molecule has 6 nitrogen and oxygen atoms in total. The standard InChI is InChI=1S/C18H17FN4O2/c19-13-8-12-2-1-5-20-17(12)14(9-13)18(24)21-16-10-15(22-23-16)11-3-6-25-7-4-11/h1-2,5,8-11H,3-4,6-7H2,(H2,21,22,23,24). The SMILES string of the molecule is O=C(Nc1cc(C2CCOCC2)[nH]n1)c1cc(F)cc2cccnc12. The number of nitrogens with zero attached hydrogens (tertiary/aromatic N) is 2. The normalized spacial score (nSPS) is 15.4. The van der Waals surface area contributed by atoms with Gasteiger partial charge in [0.15, 0.2) is 5.82 Å². The van der Waals surface area contributed by atoms with Crippen molar-refractivity contribution in [3.63, 3.8) is 0 Å². The van der Waals surface area contributed by atoms with E-state index in [1.165, 1.54) is 12.1 Å². The van der Waals surface area contributed by atoms with Crippen molar-refractivity contribution in [3.05, 3.63) is 53.6 Å². The number of aromatic amines is 1. The number of carbonyl (C=O) groups is 1. The Hall–Kier alpha value is -2.80. The number of carbonyl (C=O) groups excluding carboxylic acids is 1. The van der Waals surface area contributed by atoms with Gasteiger partial charge in [-0.05, 0) is 31.0 Å². The largest absolute Gasteiger partial charge is 0.381 e. The first kappa shape index (κ1) is 15.7. The molecule has 0 unspecified atom stereocenters. The van der Waals surface area contributed by atoms with Gasteiger partial charge in [0.1, 0.15) is 5.82 Å². The summed E-state index contributed by atoms with van der Waals surface area (Å²) in [4.78, 5) is 16.8. The summed E-state index contributed by atoms with van der Waals surface area (Å²) in [5, 5.41) is 10.4. The Kier molecular flexibility index (Phi) is 4.15. The molecule has 2 N–H and O–H groups in total. The van der Waals surface area contributed by atoms with Gasteiger partial charge in [-0.15, -0.1) is 0 Å². The van der Waals surface area contributed by atoms with Crippen molar-refractivity contribution in [2.24, 2.45) is 0 Å². The molecule has 25 heavy (non-hydrogen) atoms. The fraction of sp³-hybridized carbons (Fsp3) is 0.278. The second-order valence-electron chi connectivity index (χ2n) is 6.08. The summed E-state index contributed by atoms with van der Waals surface area (Å²) in [6.45, 7) is 1.46. The number of ether oxygens (including phenoxy) is 1. The number of aromatic nitrogens is 3. The number of rotatable bonds is 3. The van der Waals surface area contributed by atoms with Crippen LogP contribution in [0.1, 0.15) is 34.8 Å². The van der Waals surface area contributed by atoms with E-state index < -0.39 is 11.7 Å². The fourth-order valence-corrected chi connectivity index (χ4v) is 3.13. The van der Waals surface area contributed by atoms with Gasteiger partial charge in [0.25, 0.3) is 5.91 Å². The third-order valence-corrected chi connectivity index (χ3v) is 4.41. The molecule has 4 rings (SSSR count). The molecule has 7 heteroatoms. The van der Waals surface area contributed by atoms with Crippen LogP contribution in [0.4, 0.5) is 10.2 Å². The highest BCUT2D eigenvalue weighted by atomic mass is 19.1. The third-order valence-electron chi connectivity index (χ3n) is 4.41. The molecule has 2 aromatic heterocycles. The zero-order valence-corrected chi connectivity index (χ0v) is 13.5. The predicted octanol–water partition coefficient (Wildman–Crippen LogP) is 3.24. The van der Waals surface area contributed by atoms with Crippen LogP contribution in [0.15, 0.2) is 36.5 Å². The number of pyridine rings is 1. The second-order valence-corrected chi connectivity index (χ2v) is 6.08. The van der Waals surface area contributed by atoms with Gasteiger partial charge in [-0.25, -0.2) is 4.39 Å². The summed E-state index contributed by atoms with van der Waals surface area (Å²) >= 11 is 0. The van der Waals surface area contributed by atoms with E-state index in [4.69, 9.17) is 4.74 Å². The molecular formula is C18H17FN4O2. The minimum Gasteiger partial charge on any atom is -0.381 e. The smallest absolute Gasteiger partial charge is 0.259 e. The molecular weight excluding hydrogens is 323 g/mol. The lowest BCUT2D eigenvalue weighted by Gasteiger charge is -2.20. The van der Waals surface area contributed by atoms with E-state index in [1.807, 2.05) is 6.07 Å². The van der Waals surface area contributed by atoms with Crippen molar-refractivity contribution in [1.29, 1.82) is 0 Å². The number of benzene rings is 1. The summed E-state index contributed by atoms with van der Waals surface area (Å²) in [5.41, 5.74) is 1.62. The van der Waals surface area contributed by atoms with Crippen LogP contribution >= 0.6 is 0 Å². The molecule has 0 saturated carbocycles. The number of halogens is 1. The molecule has 0 bridgehead atoms. The Balaban J connectivity index is 1.57. The van der Waals surface area contributed by atoms with Crippen LogP contribution in [-0.2, 0) is 4.74 Å². The van der Waals surface area contributed by atoms with Crippen molar-refractivity contribution < 1.29 is 13.9 Å². The Bertz CT molecular complexity index is 918. The van der Waals surface area contributed by atoms with Crippen LogP contribution in [0.25, 0.3) is 10.9 Å². The van der Waals surface area contributed by atoms with Gasteiger partial charge in [-0.3, -0.25) is 14.9 Å². The quantitative estimate of drug-likeness (QED) is 0.767. The molecule has 0 atom stereocenters. The lowest BCUT2D eigenvalue weighted by molar-refractivity contribution is 0.0845. The molecule has 1 aliphatic heterocycles. The number of nitrogens with one attached hydrogen (secondary N) is 2. The molecule has 1 saturated heterocycles. The summed E-state index contributed by atoms with van der Waals surface area (Å²) < 4.78 is 19.2. The summed E-state index contributed by atoms with van der Waals surface area (Å²) in [5.74, 6) is -0.146. The van der Waals surface area contributed by atoms with Gasteiger partial charge < -0.3 is 10.1 Å². The Morgan fingerprint density at radius 1 is 1.28 bits per heavy atom. The Labute approximate surface area is 143 Å². The third kappa shape index (κ3) is 3.23. The van der Waals surface area contributed by atoms with Crippen LogP contribution in [0.2, 0.25) is 0 Å². The zero-order chi connectivity index (χ0) is 17.2. The van der Waals surface area contributed by atoms with Gasteiger partial charge in [0.2, 0.25) is 0 Å². The molecule has 1 amide bonds. The maximum Gasteiger partial charge on any atom is 0.259 e.